The van der Waals surface area contributed by atoms with Crippen molar-refractivity contribution in [3.05, 3.63) is 27.7 Å². The van der Waals surface area contributed by atoms with Crippen molar-refractivity contribution in [1.29, 1.82) is 0 Å². The van der Waals surface area contributed by atoms with Crippen molar-refractivity contribution < 1.29 is 27.9 Å². The summed E-state index contributed by atoms with van der Waals surface area (Å²) in [6, 6.07) is 0.862. The molecule has 0 radical (unpaired) electrons. The van der Waals surface area contributed by atoms with E-state index >= 15 is 0 Å². The summed E-state index contributed by atoms with van der Waals surface area (Å²) < 4.78 is 31.8. The van der Waals surface area contributed by atoms with E-state index in [9.17, 15) is 23.1 Å². The Bertz CT molecular complexity index is 748. The Morgan fingerprint density at radius 2 is 1.88 bits per heavy atom. The quantitative estimate of drug-likeness (QED) is 0.684. The predicted octanol–water partition coefficient (Wildman–Crippen LogP) is 2.56. The van der Waals surface area contributed by atoms with Gasteiger partial charge in [0.1, 0.15) is 10.9 Å². The van der Waals surface area contributed by atoms with Gasteiger partial charge in [-0.3, -0.25) is 4.79 Å². The molecule has 1 atom stereocenters. The van der Waals surface area contributed by atoms with Crippen LogP contribution in [0, 0.1) is 5.92 Å². The van der Waals surface area contributed by atoms with Crippen molar-refractivity contribution in [3.63, 3.8) is 0 Å². The topological polar surface area (TPSA) is 110 Å². The summed E-state index contributed by atoms with van der Waals surface area (Å²) in [6.45, 7) is 3.50. The minimum absolute atomic E-state index is 0.0383. The summed E-state index contributed by atoms with van der Waals surface area (Å²) in [5.41, 5.74) is -0.379. The first kappa shape index (κ1) is 20.7. The molecule has 0 bridgehead atoms. The van der Waals surface area contributed by atoms with Crippen LogP contribution in [0.5, 0.6) is 0 Å². The number of hydrogen-bond donors (Lipinski definition) is 2. The second-order valence-electron chi connectivity index (χ2n) is 5.40. The van der Waals surface area contributed by atoms with Crippen molar-refractivity contribution in [2.24, 2.45) is 5.92 Å². The van der Waals surface area contributed by atoms with Gasteiger partial charge in [0.2, 0.25) is 10.0 Å². The van der Waals surface area contributed by atoms with Gasteiger partial charge >= 0.3 is 11.9 Å². The highest BCUT2D eigenvalue weighted by molar-refractivity contribution is 7.89. The van der Waals surface area contributed by atoms with Crippen LogP contribution in [0.3, 0.4) is 0 Å². The summed E-state index contributed by atoms with van der Waals surface area (Å²) in [4.78, 5) is 22.5. The number of carbonyl (C=O) groups is 2. The number of sulfonamides is 1. The van der Waals surface area contributed by atoms with Gasteiger partial charge in [-0.1, -0.05) is 37.0 Å². The molecule has 10 heteroatoms. The van der Waals surface area contributed by atoms with E-state index in [0.717, 1.165) is 19.2 Å². The van der Waals surface area contributed by atoms with Crippen molar-refractivity contribution in [3.8, 4) is 0 Å². The summed E-state index contributed by atoms with van der Waals surface area (Å²) in [5.74, 6) is -2.37. The van der Waals surface area contributed by atoms with Gasteiger partial charge < -0.3 is 9.84 Å². The molecule has 1 rings (SSSR count). The van der Waals surface area contributed by atoms with Gasteiger partial charge in [-0.2, -0.15) is 4.72 Å². The third-order valence-corrected chi connectivity index (χ3v) is 5.19. The minimum Gasteiger partial charge on any atom is -0.480 e. The molecule has 0 saturated carbocycles. The number of esters is 1. The standard InChI is InChI=1S/C14H17Cl2NO6S/c1-7(2)4-11(13(18)19)17-24(21,22)12-9(14(20)23-3)5-8(15)6-10(12)16/h5-7,11,17H,4H2,1-3H3,(H,18,19). The number of nitrogens with one attached hydrogen (secondary N) is 1. The molecule has 0 fully saturated rings. The first-order chi connectivity index (χ1) is 11.0. The highest BCUT2D eigenvalue weighted by atomic mass is 35.5. The van der Waals surface area contributed by atoms with E-state index in [1.807, 2.05) is 0 Å². The van der Waals surface area contributed by atoms with Gasteiger partial charge in [0.05, 0.1) is 17.7 Å². The molecule has 0 saturated heterocycles. The number of methoxy groups -OCH3 is 1. The molecule has 2 N–H and O–H groups in total. The first-order valence-corrected chi connectivity index (χ1v) is 9.06. The Balaban J connectivity index is 3.42. The van der Waals surface area contributed by atoms with Crippen LogP contribution < -0.4 is 4.72 Å². The summed E-state index contributed by atoms with van der Waals surface area (Å²) in [6.07, 6.45) is 0.0628. The maximum Gasteiger partial charge on any atom is 0.339 e. The SMILES string of the molecule is COC(=O)c1cc(Cl)cc(Cl)c1S(=O)(=O)NC(CC(C)C)C(=O)O. The predicted molar refractivity (Wildman–Crippen MR) is 89.0 cm³/mol. The Morgan fingerprint density at radius 1 is 1.29 bits per heavy atom. The molecule has 0 aliphatic heterocycles. The molecular weight excluding hydrogens is 381 g/mol. The van der Waals surface area contributed by atoms with Crippen LogP contribution in [0.2, 0.25) is 10.0 Å². The lowest BCUT2D eigenvalue weighted by Gasteiger charge is -2.18. The lowest BCUT2D eigenvalue weighted by Crippen LogP contribution is -2.42. The van der Waals surface area contributed by atoms with Gasteiger partial charge in [-0.25, -0.2) is 13.2 Å². The Kier molecular flexibility index (Phi) is 7.03. The van der Waals surface area contributed by atoms with E-state index in [1.165, 1.54) is 0 Å². The number of ether oxygens (including phenoxy) is 1. The van der Waals surface area contributed by atoms with E-state index in [1.54, 1.807) is 13.8 Å². The van der Waals surface area contributed by atoms with Gasteiger partial charge in [0, 0.05) is 5.02 Å². The normalized spacial score (nSPS) is 12.9. The second kappa shape index (κ2) is 8.15. The van der Waals surface area contributed by atoms with Gasteiger partial charge in [-0.05, 0) is 24.5 Å². The van der Waals surface area contributed by atoms with Crippen molar-refractivity contribution >= 4 is 45.2 Å². The molecule has 1 aromatic rings. The lowest BCUT2D eigenvalue weighted by atomic mass is 10.1. The zero-order valence-electron chi connectivity index (χ0n) is 13.2. The molecule has 1 unspecified atom stereocenters. The molecule has 0 aromatic heterocycles. The second-order valence-corrected chi connectivity index (χ2v) is 7.89. The van der Waals surface area contributed by atoms with Crippen LogP contribution in [0.4, 0.5) is 0 Å². The Hall–Kier alpha value is -1.35. The number of benzene rings is 1. The van der Waals surface area contributed by atoms with E-state index in [2.05, 4.69) is 9.46 Å². The average molecular weight is 398 g/mol. The highest BCUT2D eigenvalue weighted by Gasteiger charge is 2.32. The molecule has 1 aromatic carbocycles. The zero-order valence-corrected chi connectivity index (χ0v) is 15.5. The van der Waals surface area contributed by atoms with Crippen LogP contribution in [0.1, 0.15) is 30.6 Å². The van der Waals surface area contributed by atoms with Gasteiger partial charge in [-0.15, -0.1) is 0 Å². The number of hydrogen-bond acceptors (Lipinski definition) is 5. The van der Waals surface area contributed by atoms with E-state index in [-0.39, 0.29) is 27.9 Å². The number of aliphatic carboxylic acids is 1. The van der Waals surface area contributed by atoms with Crippen LogP contribution >= 0.6 is 23.2 Å². The molecule has 0 amide bonds. The zero-order chi connectivity index (χ0) is 18.7. The molecule has 24 heavy (non-hydrogen) atoms. The number of carboxylic acid groups (broad SMARTS) is 1. The molecule has 7 nitrogen and oxygen atoms in total. The fraction of sp³-hybridized carbons (Fsp3) is 0.429. The van der Waals surface area contributed by atoms with Crippen LogP contribution in [0.15, 0.2) is 17.0 Å². The number of carbonyl (C=O) groups excluding carboxylic acids is 1. The maximum atomic E-state index is 12.6. The summed E-state index contributed by atoms with van der Waals surface area (Å²) >= 11 is 11.7. The first-order valence-electron chi connectivity index (χ1n) is 6.82. The third-order valence-electron chi connectivity index (χ3n) is 2.99. The monoisotopic (exact) mass is 397 g/mol. The fourth-order valence-corrected chi connectivity index (χ4v) is 4.25. The summed E-state index contributed by atoms with van der Waals surface area (Å²) in [7, 11) is -3.34. The van der Waals surface area contributed by atoms with Crippen molar-refractivity contribution in [2.75, 3.05) is 7.11 Å². The van der Waals surface area contributed by atoms with Gasteiger partial charge in [0.25, 0.3) is 0 Å². The molecular formula is C14H17Cl2NO6S. The largest absolute Gasteiger partial charge is 0.480 e. The van der Waals surface area contributed by atoms with Crippen LogP contribution in [-0.4, -0.2) is 38.6 Å². The molecule has 0 aliphatic rings. The molecule has 0 spiro atoms. The molecule has 134 valence electrons. The highest BCUT2D eigenvalue weighted by Crippen LogP contribution is 2.30. The minimum atomic E-state index is -4.41. The number of carboxylic acids is 1. The Labute approximate surface area is 149 Å². The van der Waals surface area contributed by atoms with Crippen molar-refractivity contribution in [1.82, 2.24) is 4.72 Å². The van der Waals surface area contributed by atoms with Crippen LogP contribution in [-0.2, 0) is 19.6 Å². The van der Waals surface area contributed by atoms with Crippen LogP contribution in [0.25, 0.3) is 0 Å². The Morgan fingerprint density at radius 3 is 2.33 bits per heavy atom. The van der Waals surface area contributed by atoms with E-state index in [0.29, 0.717) is 0 Å². The smallest absolute Gasteiger partial charge is 0.339 e. The summed E-state index contributed by atoms with van der Waals surface area (Å²) in [5, 5.41) is 8.92. The van der Waals surface area contributed by atoms with E-state index < -0.39 is 32.9 Å². The van der Waals surface area contributed by atoms with Gasteiger partial charge in [0.15, 0.2) is 0 Å². The fourth-order valence-electron chi connectivity index (χ4n) is 2.01. The molecule has 0 heterocycles. The van der Waals surface area contributed by atoms with Crippen molar-refractivity contribution in [2.45, 2.75) is 31.2 Å². The van der Waals surface area contributed by atoms with E-state index in [4.69, 9.17) is 23.2 Å². The number of rotatable bonds is 7. The third kappa shape index (κ3) is 5.07. The maximum absolute atomic E-state index is 12.6. The average Bonchev–Trinajstić information content (AvgIpc) is 2.43. The number of halogens is 2. The molecule has 0 aliphatic carbocycles. The lowest BCUT2D eigenvalue weighted by molar-refractivity contribution is -0.139.